The molecule has 5 nitrogen and oxygen atoms in total. The molecule has 94 valence electrons. The summed E-state index contributed by atoms with van der Waals surface area (Å²) in [6.07, 6.45) is 0.383. The zero-order valence-corrected chi connectivity index (χ0v) is 10.0. The first-order valence-corrected chi connectivity index (χ1v) is 5.76. The van der Waals surface area contributed by atoms with Gasteiger partial charge in [-0.1, -0.05) is 12.1 Å². The number of hydrogen-bond acceptors (Lipinski definition) is 5. The second kappa shape index (κ2) is 5.55. The zero-order chi connectivity index (χ0) is 13.0. The molecule has 1 aromatic carbocycles. The number of aliphatic hydroxyl groups excluding tert-OH is 1. The summed E-state index contributed by atoms with van der Waals surface area (Å²) in [4.78, 5) is 19.7. The van der Waals surface area contributed by atoms with E-state index in [9.17, 15) is 9.90 Å². The zero-order valence-electron chi connectivity index (χ0n) is 10.0. The molecule has 1 N–H and O–H groups in total. The van der Waals surface area contributed by atoms with Crippen molar-refractivity contribution in [1.82, 2.24) is 9.97 Å². The third kappa shape index (κ3) is 2.81. The summed E-state index contributed by atoms with van der Waals surface area (Å²) in [5, 5.41) is 9.87. The van der Waals surface area contributed by atoms with Gasteiger partial charge in [0, 0.05) is 0 Å². The average Bonchev–Trinajstić information content (AvgIpc) is 2.38. The molecule has 0 aliphatic carbocycles. The van der Waals surface area contributed by atoms with Gasteiger partial charge in [-0.25, -0.2) is 4.98 Å². The highest BCUT2D eigenvalue weighted by Gasteiger charge is 2.15. The van der Waals surface area contributed by atoms with Crippen LogP contribution in [0.4, 0.5) is 0 Å². The second-order valence-electron chi connectivity index (χ2n) is 3.81. The standard InChI is InChI=1S/C13H14N2O3/c1-2-18-13(17)7-12(16)11-8-14-9-5-3-4-6-10(9)15-11/h3-6,8,12,16H,2,7H2,1H3. The van der Waals surface area contributed by atoms with Crippen molar-refractivity contribution in [3.05, 3.63) is 36.2 Å². The van der Waals surface area contributed by atoms with Crippen molar-refractivity contribution >= 4 is 17.0 Å². The number of carbonyl (C=O) groups excluding carboxylic acids is 1. The van der Waals surface area contributed by atoms with Crippen molar-refractivity contribution in [1.29, 1.82) is 0 Å². The molecule has 5 heteroatoms. The molecule has 0 fully saturated rings. The molecule has 0 saturated heterocycles. The summed E-state index contributed by atoms with van der Waals surface area (Å²) in [7, 11) is 0. The van der Waals surface area contributed by atoms with E-state index in [1.165, 1.54) is 6.20 Å². The maximum absolute atomic E-state index is 11.3. The van der Waals surface area contributed by atoms with Gasteiger partial charge in [0.05, 0.1) is 36.0 Å². The number of para-hydroxylation sites is 2. The summed E-state index contributed by atoms with van der Waals surface area (Å²) in [6, 6.07) is 7.36. The second-order valence-corrected chi connectivity index (χ2v) is 3.81. The van der Waals surface area contributed by atoms with Crippen LogP contribution in [0.1, 0.15) is 25.1 Å². The van der Waals surface area contributed by atoms with Gasteiger partial charge in [-0.05, 0) is 19.1 Å². The van der Waals surface area contributed by atoms with Gasteiger partial charge in [0.2, 0.25) is 0 Å². The van der Waals surface area contributed by atoms with E-state index in [4.69, 9.17) is 4.74 Å². The minimum Gasteiger partial charge on any atom is -0.466 e. The Kier molecular flexibility index (Phi) is 3.84. The Hall–Kier alpha value is -2.01. The van der Waals surface area contributed by atoms with Gasteiger partial charge < -0.3 is 9.84 Å². The quantitative estimate of drug-likeness (QED) is 0.830. The molecule has 1 atom stereocenters. The fourth-order valence-electron chi connectivity index (χ4n) is 1.61. The minimum absolute atomic E-state index is 0.110. The highest BCUT2D eigenvalue weighted by molar-refractivity contribution is 5.74. The smallest absolute Gasteiger partial charge is 0.308 e. The largest absolute Gasteiger partial charge is 0.466 e. The van der Waals surface area contributed by atoms with Crippen molar-refractivity contribution in [2.75, 3.05) is 6.61 Å². The highest BCUT2D eigenvalue weighted by Crippen LogP contribution is 2.17. The summed E-state index contributed by atoms with van der Waals surface area (Å²) >= 11 is 0. The van der Waals surface area contributed by atoms with Crippen LogP contribution in [0.25, 0.3) is 11.0 Å². The van der Waals surface area contributed by atoms with Gasteiger partial charge in [-0.15, -0.1) is 0 Å². The maximum Gasteiger partial charge on any atom is 0.308 e. The van der Waals surface area contributed by atoms with Gasteiger partial charge >= 0.3 is 5.97 Å². The lowest BCUT2D eigenvalue weighted by Gasteiger charge is -2.09. The van der Waals surface area contributed by atoms with Crippen LogP contribution in [0.3, 0.4) is 0 Å². The molecule has 1 heterocycles. The molecular weight excluding hydrogens is 232 g/mol. The molecule has 0 radical (unpaired) electrons. The van der Waals surface area contributed by atoms with Crippen molar-refractivity contribution in [3.63, 3.8) is 0 Å². The Morgan fingerprint density at radius 3 is 2.83 bits per heavy atom. The Morgan fingerprint density at radius 2 is 2.11 bits per heavy atom. The molecule has 0 bridgehead atoms. The monoisotopic (exact) mass is 246 g/mol. The molecule has 0 saturated carbocycles. The molecule has 1 unspecified atom stereocenters. The molecule has 0 spiro atoms. The molecule has 0 amide bonds. The lowest BCUT2D eigenvalue weighted by Crippen LogP contribution is -2.11. The van der Waals surface area contributed by atoms with Crippen molar-refractivity contribution in [2.45, 2.75) is 19.4 Å². The van der Waals surface area contributed by atoms with Crippen LogP contribution < -0.4 is 0 Å². The number of esters is 1. The molecule has 2 aromatic rings. The van der Waals surface area contributed by atoms with E-state index < -0.39 is 12.1 Å². The van der Waals surface area contributed by atoms with E-state index in [-0.39, 0.29) is 6.42 Å². The van der Waals surface area contributed by atoms with E-state index in [1.54, 1.807) is 6.92 Å². The van der Waals surface area contributed by atoms with Gasteiger partial charge in [0.1, 0.15) is 6.10 Å². The summed E-state index contributed by atoms with van der Waals surface area (Å²) in [6.45, 7) is 2.02. The van der Waals surface area contributed by atoms with E-state index in [1.807, 2.05) is 24.3 Å². The van der Waals surface area contributed by atoms with Crippen LogP contribution in [0.15, 0.2) is 30.5 Å². The first kappa shape index (κ1) is 12.4. The van der Waals surface area contributed by atoms with Crippen LogP contribution in [-0.4, -0.2) is 27.7 Å². The third-order valence-corrected chi connectivity index (χ3v) is 2.47. The number of fused-ring (bicyclic) bond motifs is 1. The van der Waals surface area contributed by atoms with Gasteiger partial charge in [-0.2, -0.15) is 0 Å². The molecule has 2 rings (SSSR count). The molecular formula is C13H14N2O3. The highest BCUT2D eigenvalue weighted by atomic mass is 16.5. The van der Waals surface area contributed by atoms with Crippen LogP contribution in [-0.2, 0) is 9.53 Å². The SMILES string of the molecule is CCOC(=O)CC(O)c1cnc2ccccc2n1. The molecule has 18 heavy (non-hydrogen) atoms. The summed E-state index contributed by atoms with van der Waals surface area (Å²) in [5.41, 5.74) is 1.82. The Morgan fingerprint density at radius 1 is 1.39 bits per heavy atom. The molecule has 0 aliphatic rings. The van der Waals surface area contributed by atoms with Crippen LogP contribution >= 0.6 is 0 Å². The van der Waals surface area contributed by atoms with E-state index in [2.05, 4.69) is 9.97 Å². The van der Waals surface area contributed by atoms with Gasteiger partial charge in [0.15, 0.2) is 0 Å². The van der Waals surface area contributed by atoms with E-state index in [0.717, 1.165) is 5.52 Å². The normalized spacial score (nSPS) is 12.3. The number of carbonyl (C=O) groups is 1. The number of aromatic nitrogens is 2. The van der Waals surface area contributed by atoms with Crippen molar-refractivity contribution in [3.8, 4) is 0 Å². The first-order valence-electron chi connectivity index (χ1n) is 5.76. The Bertz CT molecular complexity index is 557. The predicted molar refractivity (Wildman–Crippen MR) is 65.7 cm³/mol. The number of benzene rings is 1. The average molecular weight is 246 g/mol. The predicted octanol–water partition coefficient (Wildman–Crippen LogP) is 1.62. The molecule has 0 aliphatic heterocycles. The number of hydrogen-bond donors (Lipinski definition) is 1. The lowest BCUT2D eigenvalue weighted by molar-refractivity contribution is -0.145. The van der Waals surface area contributed by atoms with E-state index >= 15 is 0 Å². The van der Waals surface area contributed by atoms with Gasteiger partial charge in [0.25, 0.3) is 0 Å². The number of nitrogens with zero attached hydrogens (tertiary/aromatic N) is 2. The van der Waals surface area contributed by atoms with Gasteiger partial charge in [-0.3, -0.25) is 9.78 Å². The Balaban J connectivity index is 2.17. The van der Waals surface area contributed by atoms with Crippen LogP contribution in [0.5, 0.6) is 0 Å². The van der Waals surface area contributed by atoms with Crippen LogP contribution in [0, 0.1) is 0 Å². The van der Waals surface area contributed by atoms with Crippen molar-refractivity contribution < 1.29 is 14.6 Å². The number of rotatable bonds is 4. The van der Waals surface area contributed by atoms with E-state index in [0.29, 0.717) is 17.8 Å². The fourth-order valence-corrected chi connectivity index (χ4v) is 1.61. The first-order chi connectivity index (χ1) is 8.70. The summed E-state index contributed by atoms with van der Waals surface area (Å²) < 4.78 is 4.77. The third-order valence-electron chi connectivity index (χ3n) is 2.47. The minimum atomic E-state index is -0.985. The topological polar surface area (TPSA) is 72.3 Å². The van der Waals surface area contributed by atoms with Crippen molar-refractivity contribution in [2.24, 2.45) is 0 Å². The molecule has 1 aromatic heterocycles. The maximum atomic E-state index is 11.3. The van der Waals surface area contributed by atoms with Crippen LogP contribution in [0.2, 0.25) is 0 Å². The summed E-state index contributed by atoms with van der Waals surface area (Å²) in [5.74, 6) is -0.444. The lowest BCUT2D eigenvalue weighted by atomic mass is 10.2. The Labute approximate surface area is 104 Å². The number of ether oxygens (including phenoxy) is 1. The fraction of sp³-hybridized carbons (Fsp3) is 0.308. The number of aliphatic hydroxyl groups is 1.